The lowest BCUT2D eigenvalue weighted by molar-refractivity contribution is 0.549. The van der Waals surface area contributed by atoms with Crippen LogP contribution < -0.4 is 5.32 Å². The summed E-state index contributed by atoms with van der Waals surface area (Å²) in [7, 11) is 0. The minimum Gasteiger partial charge on any atom is -0.310 e. The molecule has 1 heterocycles. The number of likely N-dealkylation sites (N-methyl/N-ethyl adjacent to an activating group) is 1. The zero-order valence-corrected chi connectivity index (χ0v) is 12.1. The Morgan fingerprint density at radius 2 is 2.16 bits per heavy atom. The summed E-state index contributed by atoms with van der Waals surface area (Å²) in [5, 5.41) is 4.34. The van der Waals surface area contributed by atoms with E-state index in [4.69, 9.17) is 11.6 Å². The molecule has 0 saturated carbocycles. The van der Waals surface area contributed by atoms with E-state index in [0.717, 1.165) is 23.6 Å². The molecule has 3 heteroatoms. The van der Waals surface area contributed by atoms with Crippen LogP contribution in [0.15, 0.2) is 42.7 Å². The first kappa shape index (κ1) is 14.0. The number of nitrogens with zero attached hydrogens (tertiary/aromatic N) is 1. The van der Waals surface area contributed by atoms with Crippen LogP contribution in [0.4, 0.5) is 0 Å². The highest BCUT2D eigenvalue weighted by Crippen LogP contribution is 2.23. The van der Waals surface area contributed by atoms with Crippen molar-refractivity contribution < 1.29 is 0 Å². The van der Waals surface area contributed by atoms with Gasteiger partial charge in [-0.15, -0.1) is 0 Å². The Morgan fingerprint density at radius 3 is 2.79 bits per heavy atom. The number of aromatic nitrogens is 1. The second kappa shape index (κ2) is 6.69. The Bertz CT molecular complexity index is 526. The van der Waals surface area contributed by atoms with Crippen LogP contribution in [0.5, 0.6) is 0 Å². The highest BCUT2D eigenvalue weighted by molar-refractivity contribution is 6.31. The molecule has 0 bridgehead atoms. The number of nitrogens with one attached hydrogen (secondary N) is 1. The summed E-state index contributed by atoms with van der Waals surface area (Å²) < 4.78 is 0. The number of aryl methyl sites for hydroxylation is 1. The lowest BCUT2D eigenvalue weighted by atomic mass is 9.98. The van der Waals surface area contributed by atoms with Crippen LogP contribution in [-0.4, -0.2) is 11.5 Å². The number of benzene rings is 1. The topological polar surface area (TPSA) is 24.9 Å². The van der Waals surface area contributed by atoms with E-state index < -0.39 is 0 Å². The third-order valence-electron chi connectivity index (χ3n) is 3.20. The molecule has 1 aromatic carbocycles. The average molecular weight is 275 g/mol. The van der Waals surface area contributed by atoms with Crippen molar-refractivity contribution in [2.45, 2.75) is 26.3 Å². The highest BCUT2D eigenvalue weighted by Gasteiger charge is 2.12. The summed E-state index contributed by atoms with van der Waals surface area (Å²) in [5.41, 5.74) is 3.63. The lowest BCUT2D eigenvalue weighted by Gasteiger charge is -2.19. The molecule has 0 saturated heterocycles. The maximum Gasteiger partial charge on any atom is 0.0435 e. The Kier molecular flexibility index (Phi) is 4.94. The van der Waals surface area contributed by atoms with E-state index in [2.05, 4.69) is 35.4 Å². The number of pyridine rings is 1. The van der Waals surface area contributed by atoms with E-state index in [0.29, 0.717) is 6.04 Å². The third-order valence-corrected chi connectivity index (χ3v) is 3.62. The SMILES string of the molecule is CCNC(Cc1cccnc1)c1ccc(Cl)c(C)c1. The fraction of sp³-hybridized carbons (Fsp3) is 0.312. The molecule has 0 amide bonds. The first-order valence-electron chi connectivity index (χ1n) is 6.59. The van der Waals surface area contributed by atoms with Crippen LogP contribution in [0.3, 0.4) is 0 Å². The summed E-state index contributed by atoms with van der Waals surface area (Å²) >= 11 is 6.09. The van der Waals surface area contributed by atoms with Crippen molar-refractivity contribution in [2.75, 3.05) is 6.54 Å². The predicted octanol–water partition coefficient (Wildman–Crippen LogP) is 3.94. The van der Waals surface area contributed by atoms with Gasteiger partial charge in [-0.1, -0.05) is 36.7 Å². The standard InChI is InChI=1S/C16H19ClN2/c1-3-19-16(10-13-5-4-8-18-11-13)14-6-7-15(17)12(2)9-14/h4-9,11,16,19H,3,10H2,1-2H3. The molecule has 0 radical (unpaired) electrons. The zero-order valence-electron chi connectivity index (χ0n) is 11.4. The fourth-order valence-corrected chi connectivity index (χ4v) is 2.31. The number of hydrogen-bond acceptors (Lipinski definition) is 2. The molecule has 0 aliphatic heterocycles. The van der Waals surface area contributed by atoms with Gasteiger partial charge in [-0.25, -0.2) is 0 Å². The van der Waals surface area contributed by atoms with Gasteiger partial charge in [-0.3, -0.25) is 4.98 Å². The highest BCUT2D eigenvalue weighted by atomic mass is 35.5. The van der Waals surface area contributed by atoms with E-state index in [1.54, 1.807) is 6.20 Å². The van der Waals surface area contributed by atoms with Crippen molar-refractivity contribution in [3.8, 4) is 0 Å². The number of hydrogen-bond donors (Lipinski definition) is 1. The fourth-order valence-electron chi connectivity index (χ4n) is 2.19. The molecular weight excluding hydrogens is 256 g/mol. The second-order valence-corrected chi connectivity index (χ2v) is 5.09. The van der Waals surface area contributed by atoms with Crippen molar-refractivity contribution in [1.82, 2.24) is 10.3 Å². The Labute approximate surface area is 119 Å². The van der Waals surface area contributed by atoms with Gasteiger partial charge in [0, 0.05) is 23.5 Å². The van der Waals surface area contributed by atoms with Gasteiger partial charge in [0.25, 0.3) is 0 Å². The largest absolute Gasteiger partial charge is 0.310 e. The van der Waals surface area contributed by atoms with Crippen LogP contribution in [0.2, 0.25) is 5.02 Å². The van der Waals surface area contributed by atoms with Gasteiger partial charge in [0.05, 0.1) is 0 Å². The summed E-state index contributed by atoms with van der Waals surface area (Å²) in [4.78, 5) is 4.17. The van der Waals surface area contributed by atoms with Crippen LogP contribution in [0.25, 0.3) is 0 Å². The molecule has 0 fully saturated rings. The Balaban J connectivity index is 2.21. The normalized spacial score (nSPS) is 12.4. The van der Waals surface area contributed by atoms with Gasteiger partial charge in [0.15, 0.2) is 0 Å². The molecule has 2 rings (SSSR count). The van der Waals surface area contributed by atoms with Gasteiger partial charge in [-0.2, -0.15) is 0 Å². The van der Waals surface area contributed by atoms with Gasteiger partial charge in [-0.05, 0) is 48.7 Å². The van der Waals surface area contributed by atoms with Crippen molar-refractivity contribution >= 4 is 11.6 Å². The first-order valence-corrected chi connectivity index (χ1v) is 6.97. The summed E-state index contributed by atoms with van der Waals surface area (Å²) in [6, 6.07) is 10.6. The van der Waals surface area contributed by atoms with Gasteiger partial charge < -0.3 is 5.32 Å². The molecule has 100 valence electrons. The van der Waals surface area contributed by atoms with E-state index in [-0.39, 0.29) is 0 Å². The van der Waals surface area contributed by atoms with E-state index in [9.17, 15) is 0 Å². The molecule has 2 aromatic rings. The third kappa shape index (κ3) is 3.79. The van der Waals surface area contributed by atoms with Gasteiger partial charge in [0.1, 0.15) is 0 Å². The monoisotopic (exact) mass is 274 g/mol. The molecule has 2 nitrogen and oxygen atoms in total. The van der Waals surface area contributed by atoms with E-state index >= 15 is 0 Å². The molecule has 19 heavy (non-hydrogen) atoms. The summed E-state index contributed by atoms with van der Waals surface area (Å²) in [5.74, 6) is 0. The second-order valence-electron chi connectivity index (χ2n) is 4.68. The van der Waals surface area contributed by atoms with Crippen LogP contribution >= 0.6 is 11.6 Å². The van der Waals surface area contributed by atoms with E-state index in [1.165, 1.54) is 11.1 Å². The Hall–Kier alpha value is -1.38. The molecule has 1 aromatic heterocycles. The molecule has 1 atom stereocenters. The van der Waals surface area contributed by atoms with E-state index in [1.807, 2.05) is 25.3 Å². The summed E-state index contributed by atoms with van der Waals surface area (Å²) in [6.45, 7) is 5.10. The predicted molar refractivity (Wildman–Crippen MR) is 80.5 cm³/mol. The average Bonchev–Trinajstić information content (AvgIpc) is 2.43. The van der Waals surface area contributed by atoms with Crippen LogP contribution in [0, 0.1) is 6.92 Å². The first-order chi connectivity index (χ1) is 9.20. The van der Waals surface area contributed by atoms with Gasteiger partial charge in [0.2, 0.25) is 0 Å². The molecule has 0 aliphatic carbocycles. The number of halogens is 1. The molecule has 1 unspecified atom stereocenters. The molecular formula is C16H19ClN2. The quantitative estimate of drug-likeness (QED) is 0.893. The Morgan fingerprint density at radius 1 is 1.32 bits per heavy atom. The van der Waals surface area contributed by atoms with Crippen molar-refractivity contribution in [2.24, 2.45) is 0 Å². The summed E-state index contributed by atoms with van der Waals surface area (Å²) in [6.07, 6.45) is 4.66. The van der Waals surface area contributed by atoms with Crippen molar-refractivity contribution in [1.29, 1.82) is 0 Å². The van der Waals surface area contributed by atoms with Crippen LogP contribution in [0.1, 0.15) is 29.7 Å². The smallest absolute Gasteiger partial charge is 0.0435 e. The maximum absolute atomic E-state index is 6.09. The zero-order chi connectivity index (χ0) is 13.7. The molecule has 0 aliphatic rings. The van der Waals surface area contributed by atoms with Crippen LogP contribution in [-0.2, 0) is 6.42 Å². The lowest BCUT2D eigenvalue weighted by Crippen LogP contribution is -2.23. The molecule has 0 spiro atoms. The minimum atomic E-state index is 0.296. The number of rotatable bonds is 5. The molecule has 1 N–H and O–H groups in total. The van der Waals surface area contributed by atoms with Gasteiger partial charge >= 0.3 is 0 Å². The van der Waals surface area contributed by atoms with Crippen molar-refractivity contribution in [3.05, 3.63) is 64.4 Å². The van der Waals surface area contributed by atoms with Crippen molar-refractivity contribution in [3.63, 3.8) is 0 Å². The minimum absolute atomic E-state index is 0.296. The maximum atomic E-state index is 6.09.